The van der Waals surface area contributed by atoms with Crippen LogP contribution in [0.15, 0.2) is 42.3 Å². The van der Waals surface area contributed by atoms with E-state index in [2.05, 4.69) is 13.2 Å². The van der Waals surface area contributed by atoms with Crippen LogP contribution in [-0.4, -0.2) is 32.4 Å². The molecule has 1 aliphatic rings. The second-order valence-electron chi connectivity index (χ2n) is 4.86. The van der Waals surface area contributed by atoms with Crippen molar-refractivity contribution < 1.29 is 13.2 Å². The average molecular weight is 308 g/mol. The number of nitrogen functional groups attached to an aromatic ring is 1. The molecule has 6 heteroatoms. The number of anilines is 1. The largest absolute Gasteiger partial charge is 0.492 e. The van der Waals surface area contributed by atoms with E-state index in [4.69, 9.17) is 10.5 Å². The van der Waals surface area contributed by atoms with Gasteiger partial charge in [0.05, 0.1) is 6.61 Å². The molecular formula is C15H20N2O3S. The third-order valence-electron chi connectivity index (χ3n) is 3.27. The van der Waals surface area contributed by atoms with Crippen LogP contribution in [0.5, 0.6) is 5.75 Å². The lowest BCUT2D eigenvalue weighted by molar-refractivity contribution is 0.279. The molecule has 0 saturated heterocycles. The molecule has 0 aromatic heterocycles. The van der Waals surface area contributed by atoms with Crippen molar-refractivity contribution in [2.75, 3.05) is 25.4 Å². The van der Waals surface area contributed by atoms with Crippen LogP contribution in [0.2, 0.25) is 0 Å². The molecule has 0 radical (unpaired) electrons. The van der Waals surface area contributed by atoms with Crippen LogP contribution < -0.4 is 10.5 Å². The molecule has 114 valence electrons. The van der Waals surface area contributed by atoms with E-state index in [-0.39, 0.29) is 18.0 Å². The van der Waals surface area contributed by atoms with E-state index in [0.29, 0.717) is 18.0 Å². The number of ether oxygens (including phenoxy) is 1. The van der Waals surface area contributed by atoms with Gasteiger partial charge in [0.2, 0.25) is 10.0 Å². The predicted octanol–water partition coefficient (Wildman–Crippen LogP) is 1.96. The van der Waals surface area contributed by atoms with Crippen LogP contribution in [0.1, 0.15) is 12.0 Å². The van der Waals surface area contributed by atoms with Gasteiger partial charge < -0.3 is 10.5 Å². The van der Waals surface area contributed by atoms with Gasteiger partial charge in [0, 0.05) is 18.8 Å². The summed E-state index contributed by atoms with van der Waals surface area (Å²) in [5.41, 5.74) is 7.12. The van der Waals surface area contributed by atoms with Gasteiger partial charge in [0.15, 0.2) is 0 Å². The zero-order valence-electron chi connectivity index (χ0n) is 11.9. The first kappa shape index (κ1) is 15.6. The third-order valence-corrected chi connectivity index (χ3v) is 5.11. The fraction of sp³-hybridized carbons (Fsp3) is 0.333. The fourth-order valence-corrected chi connectivity index (χ4v) is 3.95. The molecule has 2 rings (SSSR count). The van der Waals surface area contributed by atoms with E-state index >= 15 is 0 Å². The van der Waals surface area contributed by atoms with Crippen LogP contribution in [-0.2, 0) is 16.4 Å². The Morgan fingerprint density at radius 1 is 1.29 bits per heavy atom. The maximum Gasteiger partial charge on any atom is 0.247 e. The Morgan fingerprint density at radius 2 is 1.95 bits per heavy atom. The van der Waals surface area contributed by atoms with E-state index in [1.165, 1.54) is 10.4 Å². The smallest absolute Gasteiger partial charge is 0.247 e. The summed E-state index contributed by atoms with van der Waals surface area (Å²) in [6.07, 6.45) is 4.71. The average Bonchev–Trinajstić information content (AvgIpc) is 2.46. The van der Waals surface area contributed by atoms with E-state index in [0.717, 1.165) is 18.4 Å². The normalized spacial score (nSPS) is 14.3. The minimum absolute atomic E-state index is 0.126. The Balaban J connectivity index is 2.55. The van der Waals surface area contributed by atoms with Gasteiger partial charge in [-0.1, -0.05) is 12.2 Å². The molecule has 0 unspecified atom stereocenters. The van der Waals surface area contributed by atoms with E-state index in [1.54, 1.807) is 18.2 Å². The number of rotatable bonds is 6. The lowest BCUT2D eigenvalue weighted by atomic mass is 10.1. The number of nitrogens with zero attached hydrogens (tertiary/aromatic N) is 1. The van der Waals surface area contributed by atoms with E-state index in [1.807, 2.05) is 0 Å². The second-order valence-corrected chi connectivity index (χ2v) is 6.77. The highest BCUT2D eigenvalue weighted by Crippen LogP contribution is 2.36. The molecule has 0 amide bonds. The van der Waals surface area contributed by atoms with Gasteiger partial charge in [-0.25, -0.2) is 8.42 Å². The molecule has 21 heavy (non-hydrogen) atoms. The van der Waals surface area contributed by atoms with Crippen molar-refractivity contribution in [1.82, 2.24) is 4.31 Å². The highest BCUT2D eigenvalue weighted by atomic mass is 32.2. The third kappa shape index (κ3) is 3.11. The number of hydrogen-bond donors (Lipinski definition) is 1. The van der Waals surface area contributed by atoms with Gasteiger partial charge in [0.25, 0.3) is 0 Å². The minimum atomic E-state index is -3.70. The molecule has 0 saturated carbocycles. The van der Waals surface area contributed by atoms with Crippen molar-refractivity contribution in [2.24, 2.45) is 0 Å². The summed E-state index contributed by atoms with van der Waals surface area (Å²) in [5.74, 6) is 0.425. The quantitative estimate of drug-likeness (QED) is 0.644. The topological polar surface area (TPSA) is 72.6 Å². The second kappa shape index (κ2) is 6.32. The Morgan fingerprint density at radius 3 is 2.57 bits per heavy atom. The molecule has 0 bridgehead atoms. The first-order chi connectivity index (χ1) is 10.0. The van der Waals surface area contributed by atoms with Gasteiger partial charge in [-0.15, -0.1) is 13.2 Å². The van der Waals surface area contributed by atoms with E-state index < -0.39 is 10.0 Å². The predicted molar refractivity (Wildman–Crippen MR) is 83.8 cm³/mol. The Kier molecular flexibility index (Phi) is 4.69. The first-order valence-corrected chi connectivity index (χ1v) is 8.22. The SMILES string of the molecule is C=CCN(CC=C)S(=O)(=O)c1cc(N)cc2c1OCCC2. The number of benzene rings is 1. The maximum atomic E-state index is 12.8. The van der Waals surface area contributed by atoms with E-state index in [9.17, 15) is 8.42 Å². The van der Waals surface area contributed by atoms with Gasteiger partial charge in [-0.3, -0.25) is 0 Å². The highest BCUT2D eigenvalue weighted by Gasteiger charge is 2.29. The van der Waals surface area contributed by atoms with Crippen LogP contribution in [0.4, 0.5) is 5.69 Å². The molecule has 1 aromatic rings. The molecule has 1 heterocycles. The summed E-state index contributed by atoms with van der Waals surface area (Å²) >= 11 is 0. The molecule has 1 aliphatic heterocycles. The molecule has 2 N–H and O–H groups in total. The van der Waals surface area contributed by atoms with Crippen molar-refractivity contribution in [3.63, 3.8) is 0 Å². The summed E-state index contributed by atoms with van der Waals surface area (Å²) in [6, 6.07) is 3.23. The Bertz CT molecular complexity index is 643. The number of aryl methyl sites for hydroxylation is 1. The summed E-state index contributed by atoms with van der Waals surface area (Å²) in [6.45, 7) is 8.13. The zero-order chi connectivity index (χ0) is 15.5. The molecule has 0 spiro atoms. The summed E-state index contributed by atoms with van der Waals surface area (Å²) in [5, 5.41) is 0. The van der Waals surface area contributed by atoms with Crippen LogP contribution in [0.3, 0.4) is 0 Å². The van der Waals surface area contributed by atoms with Crippen LogP contribution in [0, 0.1) is 0 Å². The van der Waals surface area contributed by atoms with Crippen LogP contribution >= 0.6 is 0 Å². The number of fused-ring (bicyclic) bond motifs is 1. The number of nitrogens with two attached hydrogens (primary N) is 1. The number of hydrogen-bond acceptors (Lipinski definition) is 4. The molecule has 0 atom stereocenters. The summed E-state index contributed by atoms with van der Waals surface area (Å²) < 4.78 is 32.5. The monoisotopic (exact) mass is 308 g/mol. The van der Waals surface area contributed by atoms with Crippen molar-refractivity contribution in [1.29, 1.82) is 0 Å². The molecule has 1 aromatic carbocycles. The Labute approximate surface area is 125 Å². The molecule has 0 fully saturated rings. The van der Waals surface area contributed by atoms with Gasteiger partial charge in [-0.05, 0) is 30.5 Å². The van der Waals surface area contributed by atoms with Gasteiger partial charge in [-0.2, -0.15) is 4.31 Å². The Hall–Kier alpha value is -1.79. The summed E-state index contributed by atoms with van der Waals surface area (Å²) in [4.78, 5) is 0.126. The summed E-state index contributed by atoms with van der Waals surface area (Å²) in [7, 11) is -3.70. The van der Waals surface area contributed by atoms with Crippen molar-refractivity contribution in [3.8, 4) is 5.75 Å². The fourth-order valence-electron chi connectivity index (χ4n) is 2.36. The maximum absolute atomic E-state index is 12.8. The number of sulfonamides is 1. The zero-order valence-corrected chi connectivity index (χ0v) is 12.7. The van der Waals surface area contributed by atoms with Crippen molar-refractivity contribution in [3.05, 3.63) is 43.0 Å². The molecule has 0 aliphatic carbocycles. The van der Waals surface area contributed by atoms with Gasteiger partial charge in [0.1, 0.15) is 10.6 Å². The first-order valence-electron chi connectivity index (χ1n) is 6.78. The highest BCUT2D eigenvalue weighted by molar-refractivity contribution is 7.89. The standard InChI is InChI=1S/C15H20N2O3S/c1-3-7-17(8-4-2)21(18,19)14-11-13(16)10-12-6-5-9-20-15(12)14/h3-4,10-11H,1-2,5-9,16H2. The van der Waals surface area contributed by atoms with Gasteiger partial charge >= 0.3 is 0 Å². The lowest BCUT2D eigenvalue weighted by Gasteiger charge is -2.25. The molecular weight excluding hydrogens is 288 g/mol. The minimum Gasteiger partial charge on any atom is -0.492 e. The van der Waals surface area contributed by atoms with Crippen LogP contribution in [0.25, 0.3) is 0 Å². The van der Waals surface area contributed by atoms with Crippen molar-refractivity contribution in [2.45, 2.75) is 17.7 Å². The van der Waals surface area contributed by atoms with Crippen molar-refractivity contribution >= 4 is 15.7 Å². The lowest BCUT2D eigenvalue weighted by Crippen LogP contribution is -2.32. The molecule has 5 nitrogen and oxygen atoms in total.